The smallest absolute Gasteiger partial charge is 0.374 e. The van der Waals surface area contributed by atoms with Crippen LogP contribution in [0.2, 0.25) is 0 Å². The van der Waals surface area contributed by atoms with Crippen molar-refractivity contribution in [2.75, 3.05) is 0 Å². The maximum absolute atomic E-state index is 11.1. The highest BCUT2D eigenvalue weighted by Gasteiger charge is 2.14. The first-order valence-electron chi connectivity index (χ1n) is 5.80. The van der Waals surface area contributed by atoms with Crippen molar-refractivity contribution < 1.29 is 9.90 Å². The zero-order chi connectivity index (χ0) is 13.4. The molecule has 0 unspecified atom stereocenters. The predicted octanol–water partition coefficient (Wildman–Crippen LogP) is 2.63. The van der Waals surface area contributed by atoms with Gasteiger partial charge < -0.3 is 10.1 Å². The number of aromatic amines is 1. The molecular formula is C14H11N3O2. The second-order valence-electron chi connectivity index (χ2n) is 4.31. The minimum Gasteiger partial charge on any atom is -0.475 e. The van der Waals surface area contributed by atoms with Crippen molar-refractivity contribution in [2.24, 2.45) is 0 Å². The topological polar surface area (TPSA) is 78.9 Å². The number of fused-ring (bicyclic) bond motifs is 1. The number of hydrogen-bond donors (Lipinski definition) is 2. The summed E-state index contributed by atoms with van der Waals surface area (Å²) >= 11 is 0. The van der Waals surface area contributed by atoms with Gasteiger partial charge in [-0.15, -0.1) is 0 Å². The summed E-state index contributed by atoms with van der Waals surface area (Å²) in [6, 6.07) is 9.63. The molecule has 0 saturated heterocycles. The SMILES string of the molecule is Cc1ccc(-c2nc(C(=O)O)nc3[nH]ccc23)cc1. The number of carbonyl (C=O) groups is 1. The molecule has 0 bridgehead atoms. The van der Waals surface area contributed by atoms with E-state index in [0.29, 0.717) is 11.3 Å². The molecule has 0 aliphatic heterocycles. The van der Waals surface area contributed by atoms with Gasteiger partial charge in [-0.25, -0.2) is 14.8 Å². The Hall–Kier alpha value is -2.69. The van der Waals surface area contributed by atoms with Crippen LogP contribution in [0.15, 0.2) is 36.5 Å². The van der Waals surface area contributed by atoms with Crippen molar-refractivity contribution in [3.8, 4) is 11.3 Å². The van der Waals surface area contributed by atoms with Gasteiger partial charge in [0.1, 0.15) is 5.65 Å². The predicted molar refractivity (Wildman–Crippen MR) is 71.0 cm³/mol. The number of H-pyrrole nitrogens is 1. The molecule has 0 aliphatic carbocycles. The molecular weight excluding hydrogens is 242 g/mol. The van der Waals surface area contributed by atoms with Gasteiger partial charge in [0.15, 0.2) is 0 Å². The maximum atomic E-state index is 11.1. The van der Waals surface area contributed by atoms with E-state index in [2.05, 4.69) is 15.0 Å². The number of aryl methyl sites for hydroxylation is 1. The minimum atomic E-state index is -1.13. The van der Waals surface area contributed by atoms with Crippen LogP contribution >= 0.6 is 0 Å². The van der Waals surface area contributed by atoms with Gasteiger partial charge >= 0.3 is 5.97 Å². The number of carboxylic acid groups (broad SMARTS) is 1. The highest BCUT2D eigenvalue weighted by molar-refractivity contribution is 5.94. The average Bonchev–Trinajstić information content (AvgIpc) is 2.86. The first-order chi connectivity index (χ1) is 9.15. The quantitative estimate of drug-likeness (QED) is 0.735. The van der Waals surface area contributed by atoms with Gasteiger partial charge in [0, 0.05) is 17.1 Å². The normalized spacial score (nSPS) is 10.8. The number of benzene rings is 1. The zero-order valence-electron chi connectivity index (χ0n) is 10.2. The number of nitrogens with one attached hydrogen (secondary N) is 1. The monoisotopic (exact) mass is 253 g/mol. The fourth-order valence-corrected chi connectivity index (χ4v) is 1.97. The van der Waals surface area contributed by atoms with Crippen LogP contribution < -0.4 is 0 Å². The number of nitrogens with zero attached hydrogens (tertiary/aromatic N) is 2. The van der Waals surface area contributed by atoms with Crippen LogP contribution in [0.25, 0.3) is 22.3 Å². The van der Waals surface area contributed by atoms with Gasteiger partial charge in [-0.3, -0.25) is 0 Å². The van der Waals surface area contributed by atoms with Crippen LogP contribution in [-0.2, 0) is 0 Å². The van der Waals surface area contributed by atoms with Gasteiger partial charge in [-0.1, -0.05) is 29.8 Å². The van der Waals surface area contributed by atoms with E-state index in [1.54, 1.807) is 6.20 Å². The van der Waals surface area contributed by atoms with E-state index in [1.807, 2.05) is 37.3 Å². The molecule has 2 N–H and O–H groups in total. The summed E-state index contributed by atoms with van der Waals surface area (Å²) in [4.78, 5) is 22.1. The Kier molecular flexibility index (Phi) is 2.52. The Labute approximate surface area is 109 Å². The van der Waals surface area contributed by atoms with E-state index < -0.39 is 5.97 Å². The lowest BCUT2D eigenvalue weighted by Crippen LogP contribution is -2.05. The summed E-state index contributed by atoms with van der Waals surface area (Å²) in [5.41, 5.74) is 3.17. The summed E-state index contributed by atoms with van der Waals surface area (Å²) in [7, 11) is 0. The maximum Gasteiger partial charge on any atom is 0.374 e. The Morgan fingerprint density at radius 3 is 2.58 bits per heavy atom. The number of aromatic carboxylic acids is 1. The van der Waals surface area contributed by atoms with E-state index in [1.165, 1.54) is 0 Å². The molecule has 94 valence electrons. The van der Waals surface area contributed by atoms with Gasteiger partial charge in [0.05, 0.1) is 5.69 Å². The van der Waals surface area contributed by atoms with E-state index >= 15 is 0 Å². The number of rotatable bonds is 2. The van der Waals surface area contributed by atoms with Gasteiger partial charge in [-0.05, 0) is 13.0 Å². The molecule has 0 saturated carbocycles. The summed E-state index contributed by atoms with van der Waals surface area (Å²) in [5.74, 6) is -1.34. The summed E-state index contributed by atoms with van der Waals surface area (Å²) < 4.78 is 0. The molecule has 19 heavy (non-hydrogen) atoms. The second kappa shape index (κ2) is 4.20. The lowest BCUT2D eigenvalue weighted by atomic mass is 10.1. The summed E-state index contributed by atoms with van der Waals surface area (Å²) in [6.07, 6.45) is 1.72. The third kappa shape index (κ3) is 1.95. The van der Waals surface area contributed by atoms with Gasteiger partial charge in [-0.2, -0.15) is 0 Å². The molecule has 0 aliphatic rings. The standard InChI is InChI=1S/C14H11N3O2/c1-8-2-4-9(5-3-8)11-10-6-7-15-12(10)17-13(16-11)14(18)19/h2-7H,1H3,(H,18,19)(H,15,16,17). The first-order valence-corrected chi connectivity index (χ1v) is 5.80. The Bertz CT molecular complexity index is 760. The van der Waals surface area contributed by atoms with Crippen molar-refractivity contribution in [1.29, 1.82) is 0 Å². The highest BCUT2D eigenvalue weighted by Crippen LogP contribution is 2.25. The van der Waals surface area contributed by atoms with Crippen LogP contribution in [0.5, 0.6) is 0 Å². The first kappa shape index (κ1) is 11.4. The lowest BCUT2D eigenvalue weighted by Gasteiger charge is -2.04. The largest absolute Gasteiger partial charge is 0.475 e. The second-order valence-corrected chi connectivity index (χ2v) is 4.31. The average molecular weight is 253 g/mol. The molecule has 2 heterocycles. The van der Waals surface area contributed by atoms with Crippen molar-refractivity contribution in [3.63, 3.8) is 0 Å². The molecule has 3 rings (SSSR count). The fraction of sp³-hybridized carbons (Fsp3) is 0.0714. The number of hydrogen-bond acceptors (Lipinski definition) is 3. The molecule has 0 spiro atoms. The lowest BCUT2D eigenvalue weighted by molar-refractivity contribution is 0.0684. The molecule has 0 fully saturated rings. The van der Waals surface area contributed by atoms with E-state index in [0.717, 1.165) is 16.5 Å². The van der Waals surface area contributed by atoms with Crippen LogP contribution in [0.1, 0.15) is 16.2 Å². The molecule has 0 amide bonds. The molecule has 1 aromatic carbocycles. The third-order valence-corrected chi connectivity index (χ3v) is 2.93. The summed E-state index contributed by atoms with van der Waals surface area (Å²) in [6.45, 7) is 2.00. The Balaban J connectivity index is 2.29. The summed E-state index contributed by atoms with van der Waals surface area (Å²) in [5, 5.41) is 9.87. The molecule has 2 aromatic heterocycles. The van der Waals surface area contributed by atoms with Crippen molar-refractivity contribution >= 4 is 17.0 Å². The third-order valence-electron chi connectivity index (χ3n) is 2.93. The minimum absolute atomic E-state index is 0.203. The van der Waals surface area contributed by atoms with Crippen LogP contribution in [-0.4, -0.2) is 26.0 Å². The molecule has 5 nitrogen and oxygen atoms in total. The van der Waals surface area contributed by atoms with E-state index in [-0.39, 0.29) is 5.82 Å². The van der Waals surface area contributed by atoms with Crippen LogP contribution in [0, 0.1) is 6.92 Å². The molecule has 0 atom stereocenters. The van der Waals surface area contributed by atoms with Crippen molar-refractivity contribution in [2.45, 2.75) is 6.92 Å². The molecule has 5 heteroatoms. The molecule has 3 aromatic rings. The van der Waals surface area contributed by atoms with Crippen molar-refractivity contribution in [1.82, 2.24) is 15.0 Å². The van der Waals surface area contributed by atoms with Gasteiger partial charge in [0.2, 0.25) is 5.82 Å². The highest BCUT2D eigenvalue weighted by atomic mass is 16.4. The molecule has 0 radical (unpaired) electrons. The van der Waals surface area contributed by atoms with Gasteiger partial charge in [0.25, 0.3) is 0 Å². The Morgan fingerprint density at radius 2 is 1.89 bits per heavy atom. The number of aromatic nitrogens is 3. The zero-order valence-corrected chi connectivity index (χ0v) is 10.2. The van der Waals surface area contributed by atoms with Crippen LogP contribution in [0.4, 0.5) is 0 Å². The fourth-order valence-electron chi connectivity index (χ4n) is 1.97. The van der Waals surface area contributed by atoms with Crippen molar-refractivity contribution in [3.05, 3.63) is 47.9 Å². The van der Waals surface area contributed by atoms with E-state index in [4.69, 9.17) is 5.11 Å². The number of carboxylic acids is 1. The van der Waals surface area contributed by atoms with E-state index in [9.17, 15) is 4.79 Å². The Morgan fingerprint density at radius 1 is 1.16 bits per heavy atom. The van der Waals surface area contributed by atoms with Crippen LogP contribution in [0.3, 0.4) is 0 Å².